The van der Waals surface area contributed by atoms with Crippen LogP contribution in [0.4, 0.5) is 9.52 Å². The highest BCUT2D eigenvalue weighted by atomic mass is 32.1. The molecule has 0 bridgehead atoms. The predicted octanol–water partition coefficient (Wildman–Crippen LogP) is 2.02. The highest BCUT2D eigenvalue weighted by molar-refractivity contribution is 7.13. The van der Waals surface area contributed by atoms with Crippen LogP contribution >= 0.6 is 11.3 Å². The third-order valence-corrected chi connectivity index (χ3v) is 3.28. The fourth-order valence-electron chi connectivity index (χ4n) is 1.54. The Bertz CT molecular complexity index is 603. The number of nitrogen functional groups attached to an aromatic ring is 1. The zero-order chi connectivity index (χ0) is 14.5. The molecule has 0 fully saturated rings. The van der Waals surface area contributed by atoms with Gasteiger partial charge in [-0.25, -0.2) is 9.37 Å². The van der Waals surface area contributed by atoms with E-state index in [1.807, 2.05) is 0 Å². The average Bonchev–Trinajstić information content (AvgIpc) is 2.86. The van der Waals surface area contributed by atoms with Crippen molar-refractivity contribution in [2.45, 2.75) is 0 Å². The molecule has 2 aromatic rings. The van der Waals surface area contributed by atoms with E-state index in [1.165, 1.54) is 28.4 Å². The third-order valence-electron chi connectivity index (χ3n) is 2.61. The number of amides is 1. The molecule has 0 saturated heterocycles. The Balaban J connectivity index is 1.85. The Morgan fingerprint density at radius 2 is 2.25 bits per heavy atom. The van der Waals surface area contributed by atoms with Crippen molar-refractivity contribution in [3.05, 3.63) is 41.2 Å². The van der Waals surface area contributed by atoms with Crippen LogP contribution in [-0.2, 0) is 0 Å². The number of carbonyl (C=O) groups is 1. The van der Waals surface area contributed by atoms with Crippen LogP contribution < -0.4 is 10.5 Å². The zero-order valence-electron chi connectivity index (χ0n) is 10.9. The number of hydrogen-bond acceptors (Lipinski definition) is 5. The first kappa shape index (κ1) is 14.3. The summed E-state index contributed by atoms with van der Waals surface area (Å²) in [6, 6.07) is 6.14. The normalized spacial score (nSPS) is 10.3. The highest BCUT2D eigenvalue weighted by Gasteiger charge is 2.14. The number of ether oxygens (including phenoxy) is 1. The van der Waals surface area contributed by atoms with Gasteiger partial charge in [0.25, 0.3) is 5.91 Å². The molecule has 0 aliphatic carbocycles. The maximum absolute atomic E-state index is 13.3. The van der Waals surface area contributed by atoms with E-state index in [9.17, 15) is 9.18 Å². The molecule has 1 aromatic carbocycles. The van der Waals surface area contributed by atoms with E-state index in [0.717, 1.165) is 0 Å². The Morgan fingerprint density at radius 3 is 2.90 bits per heavy atom. The van der Waals surface area contributed by atoms with Gasteiger partial charge in [-0.15, -0.1) is 11.3 Å². The minimum Gasteiger partial charge on any atom is -0.489 e. The fourth-order valence-corrected chi connectivity index (χ4v) is 2.07. The lowest BCUT2D eigenvalue weighted by atomic mass is 10.3. The van der Waals surface area contributed by atoms with E-state index in [1.54, 1.807) is 24.6 Å². The highest BCUT2D eigenvalue weighted by Crippen LogP contribution is 2.15. The second-order valence-electron chi connectivity index (χ2n) is 4.08. The summed E-state index contributed by atoms with van der Waals surface area (Å²) in [6.45, 7) is 0.521. The van der Waals surface area contributed by atoms with Crippen LogP contribution in [0.25, 0.3) is 0 Å². The van der Waals surface area contributed by atoms with Gasteiger partial charge in [0, 0.05) is 12.4 Å². The van der Waals surface area contributed by atoms with E-state index >= 15 is 0 Å². The van der Waals surface area contributed by atoms with E-state index in [2.05, 4.69) is 4.98 Å². The summed E-state index contributed by atoms with van der Waals surface area (Å²) in [5.74, 6) is -0.491. The second-order valence-corrected chi connectivity index (χ2v) is 4.97. The lowest BCUT2D eigenvalue weighted by Gasteiger charge is -2.16. The molecule has 2 N–H and O–H groups in total. The van der Waals surface area contributed by atoms with Gasteiger partial charge >= 0.3 is 0 Å². The molecule has 0 spiro atoms. The first-order valence-electron chi connectivity index (χ1n) is 5.91. The quantitative estimate of drug-likeness (QED) is 0.916. The van der Waals surface area contributed by atoms with E-state index in [0.29, 0.717) is 17.4 Å². The predicted molar refractivity (Wildman–Crippen MR) is 75.4 cm³/mol. The standard InChI is InChI=1S/C13H14FN3O2S/c1-17(12(18)10-8-20-13(15)16-10)6-7-19-11-5-3-2-4-9(11)14/h2-5,8H,6-7H2,1H3,(H2,15,16). The van der Waals surface area contributed by atoms with Crippen molar-refractivity contribution < 1.29 is 13.9 Å². The van der Waals surface area contributed by atoms with Crippen LogP contribution in [0, 0.1) is 5.82 Å². The lowest BCUT2D eigenvalue weighted by molar-refractivity contribution is 0.0768. The maximum atomic E-state index is 13.3. The molecule has 0 aliphatic rings. The number of carbonyl (C=O) groups excluding carboxylic acids is 1. The van der Waals surface area contributed by atoms with Crippen molar-refractivity contribution in [2.24, 2.45) is 0 Å². The third kappa shape index (κ3) is 3.45. The molecule has 0 radical (unpaired) electrons. The van der Waals surface area contributed by atoms with Crippen LogP contribution in [0.15, 0.2) is 29.6 Å². The number of halogens is 1. The van der Waals surface area contributed by atoms with Gasteiger partial charge in [-0.3, -0.25) is 4.79 Å². The van der Waals surface area contributed by atoms with E-state index in [4.69, 9.17) is 10.5 Å². The average molecular weight is 295 g/mol. The largest absolute Gasteiger partial charge is 0.489 e. The number of nitrogens with zero attached hydrogens (tertiary/aromatic N) is 2. The molecule has 7 heteroatoms. The number of hydrogen-bond donors (Lipinski definition) is 1. The summed E-state index contributed by atoms with van der Waals surface area (Å²) in [6.07, 6.45) is 0. The number of aromatic nitrogens is 1. The van der Waals surface area contributed by atoms with Crippen molar-refractivity contribution in [1.29, 1.82) is 0 Å². The molecular weight excluding hydrogens is 281 g/mol. The molecule has 20 heavy (non-hydrogen) atoms. The molecule has 1 aromatic heterocycles. The topological polar surface area (TPSA) is 68.5 Å². The minimum atomic E-state index is -0.422. The molecule has 0 unspecified atom stereocenters. The molecule has 2 rings (SSSR count). The van der Waals surface area contributed by atoms with Crippen molar-refractivity contribution in [3.8, 4) is 5.75 Å². The van der Waals surface area contributed by atoms with Crippen LogP contribution in [0.3, 0.4) is 0 Å². The molecular formula is C13H14FN3O2S. The first-order valence-corrected chi connectivity index (χ1v) is 6.79. The SMILES string of the molecule is CN(CCOc1ccccc1F)C(=O)c1csc(N)n1. The molecule has 1 amide bonds. The number of likely N-dealkylation sites (N-methyl/N-ethyl adjacent to an activating group) is 1. The van der Waals surface area contributed by atoms with Gasteiger partial charge < -0.3 is 15.4 Å². The summed E-state index contributed by atoms with van der Waals surface area (Å²) in [5, 5.41) is 1.95. The number of thiazole rings is 1. The van der Waals surface area contributed by atoms with Crippen molar-refractivity contribution >= 4 is 22.4 Å². The molecule has 5 nitrogen and oxygen atoms in total. The Morgan fingerprint density at radius 1 is 1.50 bits per heavy atom. The Hall–Kier alpha value is -2.15. The van der Waals surface area contributed by atoms with Crippen molar-refractivity contribution in [3.63, 3.8) is 0 Å². The van der Waals surface area contributed by atoms with Gasteiger partial charge in [-0.05, 0) is 12.1 Å². The monoisotopic (exact) mass is 295 g/mol. The zero-order valence-corrected chi connectivity index (χ0v) is 11.7. The molecule has 106 valence electrons. The number of nitrogens with two attached hydrogens (primary N) is 1. The summed E-state index contributed by atoms with van der Waals surface area (Å²) in [7, 11) is 1.63. The van der Waals surface area contributed by atoms with Crippen molar-refractivity contribution in [1.82, 2.24) is 9.88 Å². The van der Waals surface area contributed by atoms with Crippen LogP contribution in [0.1, 0.15) is 10.5 Å². The molecule has 0 saturated carbocycles. The number of rotatable bonds is 5. The number of para-hydroxylation sites is 1. The van der Waals surface area contributed by atoms with Crippen molar-refractivity contribution in [2.75, 3.05) is 25.9 Å². The minimum absolute atomic E-state index is 0.172. The fraction of sp³-hybridized carbons (Fsp3) is 0.231. The summed E-state index contributed by atoms with van der Waals surface area (Å²) in [4.78, 5) is 17.3. The summed E-state index contributed by atoms with van der Waals surface area (Å²) in [5.41, 5.74) is 5.79. The van der Waals surface area contributed by atoms with Crippen LogP contribution in [0.2, 0.25) is 0 Å². The molecule has 0 aliphatic heterocycles. The smallest absolute Gasteiger partial charge is 0.273 e. The molecule has 0 atom stereocenters. The van der Waals surface area contributed by atoms with Gasteiger partial charge in [0.15, 0.2) is 16.7 Å². The van der Waals surface area contributed by atoms with E-state index in [-0.39, 0.29) is 18.3 Å². The molecule has 1 heterocycles. The van der Waals surface area contributed by atoms with E-state index < -0.39 is 5.82 Å². The van der Waals surface area contributed by atoms with Gasteiger partial charge in [-0.1, -0.05) is 12.1 Å². The second kappa shape index (κ2) is 6.33. The maximum Gasteiger partial charge on any atom is 0.273 e. The van der Waals surface area contributed by atoms with Crippen LogP contribution in [0.5, 0.6) is 5.75 Å². The lowest BCUT2D eigenvalue weighted by Crippen LogP contribution is -2.31. The van der Waals surface area contributed by atoms with Gasteiger partial charge in [0.1, 0.15) is 12.3 Å². The van der Waals surface area contributed by atoms with Gasteiger partial charge in [-0.2, -0.15) is 0 Å². The first-order chi connectivity index (χ1) is 9.58. The summed E-state index contributed by atoms with van der Waals surface area (Å²) >= 11 is 1.21. The summed E-state index contributed by atoms with van der Waals surface area (Å²) < 4.78 is 18.6. The number of benzene rings is 1. The van der Waals surface area contributed by atoms with Crippen LogP contribution in [-0.4, -0.2) is 36.0 Å². The van der Waals surface area contributed by atoms with Gasteiger partial charge in [0.05, 0.1) is 6.54 Å². The number of anilines is 1. The Labute approximate surface area is 119 Å². The van der Waals surface area contributed by atoms with Gasteiger partial charge in [0.2, 0.25) is 0 Å². The Kier molecular flexibility index (Phi) is 4.52.